The van der Waals surface area contributed by atoms with Gasteiger partial charge in [0.25, 0.3) is 5.91 Å². The number of hydrogen-bond acceptors (Lipinski definition) is 4. The first-order valence-electron chi connectivity index (χ1n) is 5.33. The number of nitrogens with zero attached hydrogens (tertiary/aromatic N) is 1. The van der Waals surface area contributed by atoms with Gasteiger partial charge in [0, 0.05) is 13.1 Å². The molecule has 1 heterocycles. The third-order valence-corrected chi connectivity index (χ3v) is 2.68. The minimum absolute atomic E-state index is 0.0179. The second-order valence-corrected chi connectivity index (χ2v) is 3.81. The maximum atomic E-state index is 11.9. The topological polar surface area (TPSA) is 64.8 Å². The van der Waals surface area contributed by atoms with Gasteiger partial charge < -0.3 is 20.1 Å². The third-order valence-electron chi connectivity index (χ3n) is 2.68. The number of hydrogen-bond donors (Lipinski definition) is 1. The lowest BCUT2D eigenvalue weighted by Gasteiger charge is -2.30. The SMILES string of the molecule is CC(CCN)N(C)C(=O)C1COCCO1. The number of carbonyl (C=O) groups is 1. The van der Waals surface area contributed by atoms with E-state index in [-0.39, 0.29) is 11.9 Å². The minimum atomic E-state index is -0.441. The van der Waals surface area contributed by atoms with Crippen molar-refractivity contribution >= 4 is 5.91 Å². The molecule has 15 heavy (non-hydrogen) atoms. The van der Waals surface area contributed by atoms with E-state index in [0.29, 0.717) is 26.4 Å². The normalized spacial score (nSPS) is 23.5. The van der Waals surface area contributed by atoms with Gasteiger partial charge in [0.05, 0.1) is 19.8 Å². The van der Waals surface area contributed by atoms with Gasteiger partial charge in [0.15, 0.2) is 6.10 Å². The van der Waals surface area contributed by atoms with Crippen LogP contribution in [0.25, 0.3) is 0 Å². The predicted molar refractivity (Wildman–Crippen MR) is 56.5 cm³/mol. The van der Waals surface area contributed by atoms with Crippen molar-refractivity contribution in [1.82, 2.24) is 4.90 Å². The molecule has 5 heteroatoms. The fourth-order valence-electron chi connectivity index (χ4n) is 1.51. The number of carbonyl (C=O) groups excluding carboxylic acids is 1. The van der Waals surface area contributed by atoms with Crippen molar-refractivity contribution in [2.75, 3.05) is 33.4 Å². The highest BCUT2D eigenvalue weighted by Gasteiger charge is 2.27. The summed E-state index contributed by atoms with van der Waals surface area (Å²) in [4.78, 5) is 13.6. The van der Waals surface area contributed by atoms with Crippen molar-refractivity contribution in [3.63, 3.8) is 0 Å². The predicted octanol–water partition coefficient (Wildman–Crippen LogP) is -0.402. The smallest absolute Gasteiger partial charge is 0.254 e. The molecule has 2 unspecified atom stereocenters. The van der Waals surface area contributed by atoms with Crippen molar-refractivity contribution in [1.29, 1.82) is 0 Å². The Balaban J connectivity index is 2.43. The first-order chi connectivity index (χ1) is 7.16. The Hall–Kier alpha value is -0.650. The van der Waals surface area contributed by atoms with Crippen LogP contribution >= 0.6 is 0 Å². The highest BCUT2D eigenvalue weighted by Crippen LogP contribution is 2.08. The summed E-state index contributed by atoms with van der Waals surface area (Å²) < 4.78 is 10.5. The van der Waals surface area contributed by atoms with Crippen molar-refractivity contribution in [3.8, 4) is 0 Å². The first-order valence-corrected chi connectivity index (χ1v) is 5.33. The molecule has 5 nitrogen and oxygen atoms in total. The highest BCUT2D eigenvalue weighted by atomic mass is 16.6. The summed E-state index contributed by atoms with van der Waals surface area (Å²) in [5.74, 6) is -0.0179. The molecule has 1 saturated heterocycles. The summed E-state index contributed by atoms with van der Waals surface area (Å²) in [5.41, 5.74) is 5.45. The quantitative estimate of drug-likeness (QED) is 0.694. The van der Waals surface area contributed by atoms with Crippen LogP contribution in [0, 0.1) is 0 Å². The molecule has 2 N–H and O–H groups in total. The van der Waals surface area contributed by atoms with Gasteiger partial charge in [-0.3, -0.25) is 4.79 Å². The molecule has 1 rings (SSSR count). The average molecular weight is 216 g/mol. The van der Waals surface area contributed by atoms with Crippen LogP contribution in [0.1, 0.15) is 13.3 Å². The average Bonchev–Trinajstić information content (AvgIpc) is 2.28. The summed E-state index contributed by atoms with van der Waals surface area (Å²) in [6.45, 7) is 4.00. The van der Waals surface area contributed by atoms with E-state index in [1.807, 2.05) is 6.92 Å². The maximum Gasteiger partial charge on any atom is 0.254 e. The molecule has 0 bridgehead atoms. The van der Waals surface area contributed by atoms with Crippen LogP contribution in [0.2, 0.25) is 0 Å². The summed E-state index contributed by atoms with van der Waals surface area (Å²) in [6.07, 6.45) is 0.361. The molecule has 1 aliphatic rings. The van der Waals surface area contributed by atoms with Crippen LogP contribution in [0.5, 0.6) is 0 Å². The summed E-state index contributed by atoms with van der Waals surface area (Å²) in [5, 5.41) is 0. The molecule has 0 aromatic carbocycles. The van der Waals surface area contributed by atoms with E-state index in [1.165, 1.54) is 0 Å². The molecular weight excluding hydrogens is 196 g/mol. The van der Waals surface area contributed by atoms with Crippen LogP contribution in [-0.2, 0) is 14.3 Å². The van der Waals surface area contributed by atoms with Gasteiger partial charge in [0.2, 0.25) is 0 Å². The van der Waals surface area contributed by atoms with E-state index in [2.05, 4.69) is 0 Å². The first kappa shape index (κ1) is 12.4. The number of ether oxygens (including phenoxy) is 2. The lowest BCUT2D eigenvalue weighted by Crippen LogP contribution is -2.47. The summed E-state index contributed by atoms with van der Waals surface area (Å²) in [7, 11) is 1.78. The Morgan fingerprint density at radius 1 is 1.60 bits per heavy atom. The third kappa shape index (κ3) is 3.44. The van der Waals surface area contributed by atoms with Crippen LogP contribution in [0.4, 0.5) is 0 Å². The van der Waals surface area contributed by atoms with Crippen LogP contribution in [0.15, 0.2) is 0 Å². The van der Waals surface area contributed by atoms with E-state index < -0.39 is 6.10 Å². The molecule has 1 fully saturated rings. The number of nitrogens with two attached hydrogens (primary N) is 1. The largest absolute Gasteiger partial charge is 0.376 e. The minimum Gasteiger partial charge on any atom is -0.376 e. The van der Waals surface area contributed by atoms with Gasteiger partial charge in [0.1, 0.15) is 0 Å². The highest BCUT2D eigenvalue weighted by molar-refractivity contribution is 5.81. The van der Waals surface area contributed by atoms with Gasteiger partial charge >= 0.3 is 0 Å². The van der Waals surface area contributed by atoms with Crippen molar-refractivity contribution in [2.24, 2.45) is 5.73 Å². The molecule has 1 aliphatic heterocycles. The van der Waals surface area contributed by atoms with Crippen LogP contribution < -0.4 is 5.73 Å². The zero-order valence-corrected chi connectivity index (χ0v) is 9.44. The van der Waals surface area contributed by atoms with E-state index >= 15 is 0 Å². The second kappa shape index (κ2) is 6.05. The van der Waals surface area contributed by atoms with Gasteiger partial charge in [-0.15, -0.1) is 0 Å². The molecule has 0 saturated carbocycles. The van der Waals surface area contributed by atoms with Crippen molar-refractivity contribution in [3.05, 3.63) is 0 Å². The van der Waals surface area contributed by atoms with Crippen molar-refractivity contribution in [2.45, 2.75) is 25.5 Å². The molecular formula is C10H20N2O3. The lowest BCUT2D eigenvalue weighted by molar-refractivity contribution is -0.158. The van der Waals surface area contributed by atoms with Crippen LogP contribution in [0.3, 0.4) is 0 Å². The Labute approximate surface area is 90.5 Å². The number of likely N-dealkylation sites (N-methyl/N-ethyl adjacent to an activating group) is 1. The van der Waals surface area contributed by atoms with Gasteiger partial charge in [-0.25, -0.2) is 0 Å². The maximum absolute atomic E-state index is 11.9. The van der Waals surface area contributed by atoms with E-state index in [4.69, 9.17) is 15.2 Å². The fourth-order valence-corrected chi connectivity index (χ4v) is 1.51. The summed E-state index contributed by atoms with van der Waals surface area (Å²) >= 11 is 0. The van der Waals surface area contributed by atoms with E-state index in [0.717, 1.165) is 6.42 Å². The monoisotopic (exact) mass is 216 g/mol. The molecule has 0 aromatic rings. The zero-order chi connectivity index (χ0) is 11.3. The van der Waals surface area contributed by atoms with E-state index in [9.17, 15) is 4.79 Å². The zero-order valence-electron chi connectivity index (χ0n) is 9.44. The number of amides is 1. The molecule has 1 amide bonds. The summed E-state index contributed by atoms with van der Waals surface area (Å²) in [6, 6.07) is 0.146. The molecule has 88 valence electrons. The molecule has 0 radical (unpaired) electrons. The van der Waals surface area contributed by atoms with Gasteiger partial charge in [-0.1, -0.05) is 0 Å². The second-order valence-electron chi connectivity index (χ2n) is 3.81. The van der Waals surface area contributed by atoms with Crippen LogP contribution in [-0.4, -0.2) is 56.4 Å². The van der Waals surface area contributed by atoms with Crippen molar-refractivity contribution < 1.29 is 14.3 Å². The molecule has 2 atom stereocenters. The molecule has 0 aromatic heterocycles. The molecule has 0 aliphatic carbocycles. The Kier molecular flexibility index (Phi) is 5.01. The lowest BCUT2D eigenvalue weighted by atomic mass is 10.2. The van der Waals surface area contributed by atoms with Gasteiger partial charge in [-0.2, -0.15) is 0 Å². The Bertz CT molecular complexity index is 205. The molecule has 0 spiro atoms. The Morgan fingerprint density at radius 2 is 2.33 bits per heavy atom. The Morgan fingerprint density at radius 3 is 2.87 bits per heavy atom. The van der Waals surface area contributed by atoms with E-state index in [1.54, 1.807) is 11.9 Å². The standard InChI is InChI=1S/C10H20N2O3/c1-8(3-4-11)12(2)10(13)9-7-14-5-6-15-9/h8-9H,3-7,11H2,1-2H3. The fraction of sp³-hybridized carbons (Fsp3) is 0.900. The number of rotatable bonds is 4. The van der Waals surface area contributed by atoms with Gasteiger partial charge in [-0.05, 0) is 19.9 Å².